The molecule has 0 heterocycles. The Balaban J connectivity index is 2.46. The van der Waals surface area contributed by atoms with E-state index in [9.17, 15) is 0 Å². The van der Waals surface area contributed by atoms with Crippen molar-refractivity contribution in [3.05, 3.63) is 42.5 Å². The molecule has 0 amide bonds. The maximum atomic E-state index is 5.49. The van der Waals surface area contributed by atoms with Crippen molar-refractivity contribution in [1.29, 1.82) is 0 Å². The van der Waals surface area contributed by atoms with Gasteiger partial charge in [-0.2, -0.15) is 0 Å². The molecule has 0 aliphatic carbocycles. The first kappa shape index (κ1) is 10.8. The largest absolute Gasteiger partial charge is 0.494 e. The van der Waals surface area contributed by atoms with Gasteiger partial charge in [-0.1, -0.05) is 25.1 Å². The van der Waals surface area contributed by atoms with Crippen molar-refractivity contribution in [3.8, 4) is 5.75 Å². The highest BCUT2D eigenvalue weighted by Gasteiger charge is 1.94. The lowest BCUT2D eigenvalue weighted by Crippen LogP contribution is -1.94. The molecule has 1 aromatic rings. The molecule has 0 radical (unpaired) electrons. The van der Waals surface area contributed by atoms with Crippen molar-refractivity contribution in [1.82, 2.24) is 0 Å². The van der Waals surface area contributed by atoms with Crippen LogP contribution in [0.3, 0.4) is 0 Å². The Bertz CT molecular complexity index is 261. The van der Waals surface area contributed by atoms with Crippen molar-refractivity contribution in [2.24, 2.45) is 0 Å². The molecule has 1 nitrogen and oxygen atoms in total. The number of rotatable bonds is 6. The summed E-state index contributed by atoms with van der Waals surface area (Å²) in [6.45, 7) is 6.62. The normalized spacial score (nSPS) is 9.79. The van der Waals surface area contributed by atoms with E-state index in [4.69, 9.17) is 4.74 Å². The molecule has 0 spiro atoms. The lowest BCUT2D eigenvalue weighted by Gasteiger charge is -2.05. The molecule has 14 heavy (non-hydrogen) atoms. The molecule has 1 aromatic carbocycles. The van der Waals surface area contributed by atoms with Crippen molar-refractivity contribution in [2.75, 3.05) is 6.61 Å². The van der Waals surface area contributed by atoms with E-state index in [2.05, 4.69) is 25.6 Å². The summed E-state index contributed by atoms with van der Waals surface area (Å²) in [6.07, 6.45) is 5.10. The average molecular weight is 190 g/mol. The number of benzene rings is 1. The molecule has 0 saturated carbocycles. The maximum Gasteiger partial charge on any atom is 0.119 e. The van der Waals surface area contributed by atoms with Crippen LogP contribution in [0.4, 0.5) is 0 Å². The van der Waals surface area contributed by atoms with Crippen LogP contribution in [0.5, 0.6) is 5.75 Å². The van der Waals surface area contributed by atoms with Crippen molar-refractivity contribution < 1.29 is 4.74 Å². The topological polar surface area (TPSA) is 9.23 Å². The lowest BCUT2D eigenvalue weighted by atomic mass is 10.1. The molecule has 76 valence electrons. The van der Waals surface area contributed by atoms with Gasteiger partial charge in [-0.15, -0.1) is 6.58 Å². The summed E-state index contributed by atoms with van der Waals surface area (Å²) >= 11 is 0. The summed E-state index contributed by atoms with van der Waals surface area (Å²) in [4.78, 5) is 0. The summed E-state index contributed by atoms with van der Waals surface area (Å²) in [7, 11) is 0. The zero-order chi connectivity index (χ0) is 10.2. The van der Waals surface area contributed by atoms with Crippen LogP contribution in [0.25, 0.3) is 0 Å². The molecule has 1 rings (SSSR count). The number of allylic oxidation sites excluding steroid dienone is 1. The van der Waals surface area contributed by atoms with E-state index >= 15 is 0 Å². The second kappa shape index (κ2) is 6.25. The number of aryl methyl sites for hydroxylation is 1. The molecule has 0 bridgehead atoms. The van der Waals surface area contributed by atoms with Crippen LogP contribution in [0.2, 0.25) is 0 Å². The Labute approximate surface area is 86.4 Å². The van der Waals surface area contributed by atoms with Gasteiger partial charge in [0.25, 0.3) is 0 Å². The van der Waals surface area contributed by atoms with Crippen molar-refractivity contribution in [2.45, 2.75) is 26.2 Å². The third-order valence-electron chi connectivity index (χ3n) is 2.03. The van der Waals surface area contributed by atoms with Crippen LogP contribution >= 0.6 is 0 Å². The van der Waals surface area contributed by atoms with Gasteiger partial charge in [0.1, 0.15) is 5.75 Å². The predicted molar refractivity (Wildman–Crippen MR) is 60.7 cm³/mol. The molecule has 0 N–H and O–H groups in total. The van der Waals surface area contributed by atoms with E-state index in [1.807, 2.05) is 18.2 Å². The van der Waals surface area contributed by atoms with Gasteiger partial charge >= 0.3 is 0 Å². The fourth-order valence-corrected chi connectivity index (χ4v) is 1.24. The van der Waals surface area contributed by atoms with Gasteiger partial charge in [0.15, 0.2) is 0 Å². The summed E-state index contributed by atoms with van der Waals surface area (Å²) in [6, 6.07) is 8.31. The van der Waals surface area contributed by atoms with Crippen LogP contribution < -0.4 is 4.74 Å². The van der Waals surface area contributed by atoms with E-state index in [1.54, 1.807) is 0 Å². The Kier molecular flexibility index (Phi) is 4.84. The van der Waals surface area contributed by atoms with Gasteiger partial charge in [-0.05, 0) is 37.0 Å². The van der Waals surface area contributed by atoms with Crippen LogP contribution in [-0.4, -0.2) is 6.61 Å². The molecule has 1 heteroatoms. The minimum Gasteiger partial charge on any atom is -0.494 e. The highest BCUT2D eigenvalue weighted by atomic mass is 16.5. The molecule has 0 aliphatic heterocycles. The minimum atomic E-state index is 0.798. The molecular formula is C13H18O. The second-order valence-electron chi connectivity index (χ2n) is 3.32. The lowest BCUT2D eigenvalue weighted by molar-refractivity contribution is 0.317. The standard InChI is InChI=1S/C13H18O/c1-3-5-6-12-7-9-13(10-8-12)14-11-4-2/h3,7-10H,1,4-6,11H2,2H3. The first-order chi connectivity index (χ1) is 6.86. The Morgan fingerprint density at radius 2 is 2.00 bits per heavy atom. The second-order valence-corrected chi connectivity index (χ2v) is 3.32. The van der Waals surface area contributed by atoms with E-state index in [0.717, 1.165) is 31.6 Å². The van der Waals surface area contributed by atoms with E-state index in [1.165, 1.54) is 5.56 Å². The van der Waals surface area contributed by atoms with Crippen LogP contribution in [-0.2, 0) is 6.42 Å². The molecule has 0 unspecified atom stereocenters. The van der Waals surface area contributed by atoms with Gasteiger partial charge in [0, 0.05) is 0 Å². The summed E-state index contributed by atoms with van der Waals surface area (Å²) in [5.41, 5.74) is 1.34. The van der Waals surface area contributed by atoms with Crippen LogP contribution in [0.15, 0.2) is 36.9 Å². The fourth-order valence-electron chi connectivity index (χ4n) is 1.24. The average Bonchev–Trinajstić information content (AvgIpc) is 2.25. The van der Waals surface area contributed by atoms with E-state index in [-0.39, 0.29) is 0 Å². The third-order valence-corrected chi connectivity index (χ3v) is 2.03. The molecule has 0 fully saturated rings. The van der Waals surface area contributed by atoms with Gasteiger partial charge in [0.05, 0.1) is 6.61 Å². The number of ether oxygens (including phenoxy) is 1. The Hall–Kier alpha value is -1.24. The third kappa shape index (κ3) is 3.65. The first-order valence-corrected chi connectivity index (χ1v) is 5.19. The van der Waals surface area contributed by atoms with Crippen LogP contribution in [0, 0.1) is 0 Å². The molecule has 0 saturated heterocycles. The zero-order valence-electron chi connectivity index (χ0n) is 8.83. The monoisotopic (exact) mass is 190 g/mol. The maximum absolute atomic E-state index is 5.49. The molecule has 0 atom stereocenters. The Morgan fingerprint density at radius 1 is 1.29 bits per heavy atom. The number of hydrogen-bond acceptors (Lipinski definition) is 1. The highest BCUT2D eigenvalue weighted by Crippen LogP contribution is 2.13. The predicted octanol–water partition coefficient (Wildman–Crippen LogP) is 3.59. The SMILES string of the molecule is C=CCCc1ccc(OCCC)cc1. The van der Waals surface area contributed by atoms with E-state index < -0.39 is 0 Å². The summed E-state index contributed by atoms with van der Waals surface area (Å²) in [5, 5.41) is 0. The van der Waals surface area contributed by atoms with Crippen molar-refractivity contribution >= 4 is 0 Å². The quantitative estimate of drug-likeness (QED) is 0.623. The zero-order valence-corrected chi connectivity index (χ0v) is 8.83. The Morgan fingerprint density at radius 3 is 2.57 bits per heavy atom. The minimum absolute atomic E-state index is 0.798. The first-order valence-electron chi connectivity index (χ1n) is 5.19. The number of hydrogen-bond donors (Lipinski definition) is 0. The fraction of sp³-hybridized carbons (Fsp3) is 0.385. The summed E-state index contributed by atoms with van der Waals surface area (Å²) in [5.74, 6) is 0.967. The van der Waals surface area contributed by atoms with Gasteiger partial charge in [-0.25, -0.2) is 0 Å². The summed E-state index contributed by atoms with van der Waals surface area (Å²) < 4.78 is 5.49. The van der Waals surface area contributed by atoms with Gasteiger partial charge in [0.2, 0.25) is 0 Å². The molecule has 0 aliphatic rings. The van der Waals surface area contributed by atoms with Gasteiger partial charge in [-0.3, -0.25) is 0 Å². The highest BCUT2D eigenvalue weighted by molar-refractivity contribution is 5.27. The molecule has 0 aromatic heterocycles. The van der Waals surface area contributed by atoms with Crippen LogP contribution in [0.1, 0.15) is 25.3 Å². The van der Waals surface area contributed by atoms with Gasteiger partial charge < -0.3 is 4.74 Å². The molecular weight excluding hydrogens is 172 g/mol. The van der Waals surface area contributed by atoms with Crippen molar-refractivity contribution in [3.63, 3.8) is 0 Å². The smallest absolute Gasteiger partial charge is 0.119 e. The van der Waals surface area contributed by atoms with E-state index in [0.29, 0.717) is 0 Å².